The van der Waals surface area contributed by atoms with Crippen molar-refractivity contribution in [1.82, 2.24) is 14.5 Å². The van der Waals surface area contributed by atoms with Crippen molar-refractivity contribution in [3.8, 4) is 5.69 Å². The molecular formula is C17H24Cl2N4O. The van der Waals surface area contributed by atoms with Crippen LogP contribution in [0.5, 0.6) is 0 Å². The van der Waals surface area contributed by atoms with E-state index in [1.165, 1.54) is 0 Å². The molecule has 2 aromatic rings. The molecule has 7 heteroatoms. The lowest BCUT2D eigenvalue weighted by Gasteiger charge is -2.42. The lowest BCUT2D eigenvalue weighted by Crippen LogP contribution is -2.53. The number of likely N-dealkylation sites (tertiary alicyclic amines) is 1. The highest BCUT2D eigenvalue weighted by atomic mass is 35.5. The Hall–Kier alpha value is -1.56. The monoisotopic (exact) mass is 370 g/mol. The standard InChI is InChI=1S/C17H22N4O.2ClH/c1-17(2)11-20(9-7-15(17)18)16(22)13-3-5-14(6-4-13)21-10-8-19-12-21;;/h3-6,8,10,12,15H,7,9,11,18H2,1-2H3;2*1H. The number of hydrogen-bond donors (Lipinski definition) is 1. The smallest absolute Gasteiger partial charge is 0.253 e. The minimum atomic E-state index is -0.0370. The van der Waals surface area contributed by atoms with E-state index in [-0.39, 0.29) is 42.2 Å². The topological polar surface area (TPSA) is 64.2 Å². The molecule has 1 aliphatic rings. The number of carbonyl (C=O) groups is 1. The van der Waals surface area contributed by atoms with Crippen molar-refractivity contribution in [3.63, 3.8) is 0 Å². The van der Waals surface area contributed by atoms with Gasteiger partial charge in [-0.3, -0.25) is 4.79 Å². The van der Waals surface area contributed by atoms with Crippen molar-refractivity contribution in [2.24, 2.45) is 11.1 Å². The minimum Gasteiger partial charge on any atom is -0.338 e. The van der Waals surface area contributed by atoms with Crippen LogP contribution in [0.1, 0.15) is 30.6 Å². The number of benzene rings is 1. The summed E-state index contributed by atoms with van der Waals surface area (Å²) in [5, 5.41) is 0. The van der Waals surface area contributed by atoms with Gasteiger partial charge in [0.25, 0.3) is 5.91 Å². The summed E-state index contributed by atoms with van der Waals surface area (Å²) in [5.41, 5.74) is 7.82. The largest absolute Gasteiger partial charge is 0.338 e. The van der Waals surface area contributed by atoms with Gasteiger partial charge in [-0.2, -0.15) is 0 Å². The van der Waals surface area contributed by atoms with E-state index < -0.39 is 0 Å². The Balaban J connectivity index is 0.00000144. The fraction of sp³-hybridized carbons (Fsp3) is 0.412. The van der Waals surface area contributed by atoms with Crippen LogP contribution in [0.3, 0.4) is 0 Å². The zero-order valence-electron chi connectivity index (χ0n) is 13.9. The van der Waals surface area contributed by atoms with Crippen LogP contribution in [0, 0.1) is 5.41 Å². The summed E-state index contributed by atoms with van der Waals surface area (Å²) >= 11 is 0. The van der Waals surface area contributed by atoms with Gasteiger partial charge in [0.15, 0.2) is 0 Å². The zero-order chi connectivity index (χ0) is 15.7. The first kappa shape index (κ1) is 20.5. The predicted octanol–water partition coefficient (Wildman–Crippen LogP) is 2.92. The number of amides is 1. The number of nitrogens with zero attached hydrogens (tertiary/aromatic N) is 3. The third-order valence-electron chi connectivity index (χ3n) is 4.52. The van der Waals surface area contributed by atoms with Crippen LogP contribution in [0.2, 0.25) is 0 Å². The highest BCUT2D eigenvalue weighted by molar-refractivity contribution is 5.94. The normalized spacial score (nSPS) is 19.1. The number of imidazole rings is 1. The van der Waals surface area contributed by atoms with E-state index in [2.05, 4.69) is 18.8 Å². The second-order valence-electron chi connectivity index (χ2n) is 6.63. The summed E-state index contributed by atoms with van der Waals surface area (Å²) in [6.07, 6.45) is 6.21. The first-order valence-corrected chi connectivity index (χ1v) is 7.61. The Kier molecular flexibility index (Phi) is 6.84. The summed E-state index contributed by atoms with van der Waals surface area (Å²) in [7, 11) is 0. The van der Waals surface area contributed by atoms with Gasteiger partial charge in [-0.1, -0.05) is 13.8 Å². The van der Waals surface area contributed by atoms with E-state index in [9.17, 15) is 4.79 Å². The maximum atomic E-state index is 12.7. The molecule has 2 heterocycles. The molecule has 0 spiro atoms. The average molecular weight is 371 g/mol. The van der Waals surface area contributed by atoms with Crippen LogP contribution in [0.25, 0.3) is 5.69 Å². The van der Waals surface area contributed by atoms with E-state index in [1.807, 2.05) is 39.9 Å². The third-order valence-corrected chi connectivity index (χ3v) is 4.52. The number of carbonyl (C=O) groups excluding carboxylic acids is 1. The van der Waals surface area contributed by atoms with E-state index in [0.717, 1.165) is 24.2 Å². The summed E-state index contributed by atoms with van der Waals surface area (Å²) in [6, 6.07) is 7.78. The molecule has 0 radical (unpaired) electrons. The van der Waals surface area contributed by atoms with E-state index >= 15 is 0 Å². The van der Waals surface area contributed by atoms with Crippen molar-refractivity contribution in [1.29, 1.82) is 0 Å². The van der Waals surface area contributed by atoms with Crippen molar-refractivity contribution in [2.45, 2.75) is 26.3 Å². The molecule has 1 saturated heterocycles. The highest BCUT2D eigenvalue weighted by Gasteiger charge is 2.35. The lowest BCUT2D eigenvalue weighted by molar-refractivity contribution is 0.0533. The first-order valence-electron chi connectivity index (χ1n) is 7.61. The SMILES string of the molecule is CC1(C)CN(C(=O)c2ccc(-n3ccnc3)cc2)CCC1N.Cl.Cl. The molecule has 1 aromatic heterocycles. The van der Waals surface area contributed by atoms with Crippen LogP contribution in [0.15, 0.2) is 43.0 Å². The Morgan fingerprint density at radius 1 is 1.25 bits per heavy atom. The van der Waals surface area contributed by atoms with Gasteiger partial charge >= 0.3 is 0 Å². The average Bonchev–Trinajstić information content (AvgIpc) is 3.04. The Labute approximate surface area is 155 Å². The molecule has 132 valence electrons. The van der Waals surface area contributed by atoms with Gasteiger partial charge in [0.2, 0.25) is 0 Å². The predicted molar refractivity (Wildman–Crippen MR) is 100 cm³/mol. The third kappa shape index (κ3) is 4.09. The molecule has 1 amide bonds. The molecule has 1 aromatic carbocycles. The summed E-state index contributed by atoms with van der Waals surface area (Å²) in [6.45, 7) is 5.68. The molecule has 1 atom stereocenters. The number of nitrogens with two attached hydrogens (primary N) is 1. The molecule has 1 aliphatic heterocycles. The highest BCUT2D eigenvalue weighted by Crippen LogP contribution is 2.28. The Morgan fingerprint density at radius 2 is 1.92 bits per heavy atom. The van der Waals surface area contributed by atoms with Crippen molar-refractivity contribution in [3.05, 3.63) is 48.5 Å². The van der Waals surface area contributed by atoms with Crippen LogP contribution >= 0.6 is 24.8 Å². The first-order chi connectivity index (χ1) is 10.5. The number of hydrogen-bond acceptors (Lipinski definition) is 3. The van der Waals surface area contributed by atoms with Crippen LogP contribution in [-0.4, -0.2) is 39.5 Å². The quantitative estimate of drug-likeness (QED) is 0.883. The Bertz CT molecular complexity index is 656. The number of halogens is 2. The van der Waals surface area contributed by atoms with Gasteiger partial charge in [0.05, 0.1) is 6.33 Å². The van der Waals surface area contributed by atoms with Gasteiger partial charge in [-0.25, -0.2) is 4.98 Å². The minimum absolute atomic E-state index is 0. The van der Waals surface area contributed by atoms with Crippen molar-refractivity contribution >= 4 is 30.7 Å². The zero-order valence-corrected chi connectivity index (χ0v) is 15.5. The molecule has 1 unspecified atom stereocenters. The second-order valence-corrected chi connectivity index (χ2v) is 6.63. The molecule has 1 fully saturated rings. The van der Waals surface area contributed by atoms with Crippen LogP contribution in [-0.2, 0) is 0 Å². The molecular weight excluding hydrogens is 347 g/mol. The summed E-state index contributed by atoms with van der Waals surface area (Å²) in [4.78, 5) is 18.6. The maximum Gasteiger partial charge on any atom is 0.253 e. The van der Waals surface area contributed by atoms with Gasteiger partial charge in [0.1, 0.15) is 0 Å². The van der Waals surface area contributed by atoms with Crippen molar-refractivity contribution in [2.75, 3.05) is 13.1 Å². The van der Waals surface area contributed by atoms with E-state index in [0.29, 0.717) is 6.54 Å². The number of piperidine rings is 1. The van der Waals surface area contributed by atoms with Gasteiger partial charge in [-0.15, -0.1) is 24.8 Å². The maximum absolute atomic E-state index is 12.7. The van der Waals surface area contributed by atoms with Gasteiger partial charge in [0, 0.05) is 42.8 Å². The fourth-order valence-electron chi connectivity index (χ4n) is 2.92. The van der Waals surface area contributed by atoms with E-state index in [4.69, 9.17) is 5.73 Å². The van der Waals surface area contributed by atoms with Crippen LogP contribution < -0.4 is 5.73 Å². The molecule has 0 bridgehead atoms. The molecule has 0 saturated carbocycles. The van der Waals surface area contributed by atoms with Crippen LogP contribution in [0.4, 0.5) is 0 Å². The summed E-state index contributed by atoms with van der Waals surface area (Å²) < 4.78 is 1.91. The molecule has 24 heavy (non-hydrogen) atoms. The van der Waals surface area contributed by atoms with Crippen molar-refractivity contribution < 1.29 is 4.79 Å². The molecule has 5 nitrogen and oxygen atoms in total. The fourth-order valence-corrected chi connectivity index (χ4v) is 2.92. The van der Waals surface area contributed by atoms with Gasteiger partial charge < -0.3 is 15.2 Å². The number of rotatable bonds is 2. The van der Waals surface area contributed by atoms with E-state index in [1.54, 1.807) is 12.5 Å². The molecule has 3 rings (SSSR count). The Morgan fingerprint density at radius 3 is 2.46 bits per heavy atom. The number of aromatic nitrogens is 2. The molecule has 0 aliphatic carbocycles. The molecule has 2 N–H and O–H groups in total. The summed E-state index contributed by atoms with van der Waals surface area (Å²) in [5.74, 6) is 0.0807. The second kappa shape index (κ2) is 8.01. The van der Waals surface area contributed by atoms with Gasteiger partial charge in [-0.05, 0) is 36.1 Å². The lowest BCUT2D eigenvalue weighted by atomic mass is 9.79.